The molecule has 1 saturated heterocycles. The fourth-order valence-corrected chi connectivity index (χ4v) is 2.33. The lowest BCUT2D eigenvalue weighted by molar-refractivity contribution is -0.137. The van der Waals surface area contributed by atoms with Crippen LogP contribution in [0.15, 0.2) is 0 Å². The van der Waals surface area contributed by atoms with Gasteiger partial charge in [-0.2, -0.15) is 0 Å². The van der Waals surface area contributed by atoms with E-state index in [0.717, 1.165) is 12.8 Å². The lowest BCUT2D eigenvalue weighted by atomic mass is 10.0. The lowest BCUT2D eigenvalue weighted by Gasteiger charge is -2.35. The van der Waals surface area contributed by atoms with E-state index >= 15 is 0 Å². The Balaban J connectivity index is 2.49. The van der Waals surface area contributed by atoms with Crippen LogP contribution in [-0.4, -0.2) is 60.4 Å². The number of nitrogens with zero attached hydrogens (tertiary/aromatic N) is 1. The minimum Gasteiger partial charge on any atom is -0.394 e. The average molecular weight is 287 g/mol. The molecule has 1 heterocycles. The molecule has 20 heavy (non-hydrogen) atoms. The number of nitrogens with two attached hydrogens (primary N) is 1. The first-order valence-corrected chi connectivity index (χ1v) is 7.03. The Kier molecular flexibility index (Phi) is 6.74. The van der Waals surface area contributed by atoms with E-state index in [0.29, 0.717) is 19.7 Å². The van der Waals surface area contributed by atoms with Gasteiger partial charge in [-0.3, -0.25) is 4.79 Å². The second-order valence-corrected chi connectivity index (χ2v) is 5.35. The van der Waals surface area contributed by atoms with Crippen LogP contribution in [0, 0.1) is 5.92 Å². The molecule has 0 aromatic rings. The number of aliphatic hydroxyl groups is 1. The summed E-state index contributed by atoms with van der Waals surface area (Å²) < 4.78 is 5.45. The Labute approximate surface area is 119 Å². The summed E-state index contributed by atoms with van der Waals surface area (Å²) in [7, 11) is 0. The van der Waals surface area contributed by atoms with Crippen molar-refractivity contribution in [2.24, 2.45) is 11.7 Å². The van der Waals surface area contributed by atoms with Gasteiger partial charge in [0.25, 0.3) is 0 Å². The van der Waals surface area contributed by atoms with Crippen molar-refractivity contribution >= 4 is 11.9 Å². The molecule has 1 rings (SSSR count). The van der Waals surface area contributed by atoms with Crippen molar-refractivity contribution in [2.45, 2.75) is 38.8 Å². The second kappa shape index (κ2) is 8.06. The fraction of sp³-hybridized carbons (Fsp3) is 0.846. The number of urea groups is 1. The predicted octanol–water partition coefficient (Wildman–Crippen LogP) is -0.321. The van der Waals surface area contributed by atoms with E-state index in [-0.39, 0.29) is 24.5 Å². The second-order valence-electron chi connectivity index (χ2n) is 5.35. The van der Waals surface area contributed by atoms with Gasteiger partial charge < -0.3 is 25.8 Å². The molecule has 0 aromatic heterocycles. The molecule has 1 atom stereocenters. The predicted molar refractivity (Wildman–Crippen MR) is 74.0 cm³/mol. The maximum Gasteiger partial charge on any atom is 0.312 e. The van der Waals surface area contributed by atoms with Gasteiger partial charge in [0.05, 0.1) is 19.3 Å². The zero-order valence-electron chi connectivity index (χ0n) is 12.2. The molecule has 0 spiro atoms. The number of carbonyl (C=O) groups is 2. The lowest BCUT2D eigenvalue weighted by Crippen LogP contribution is -2.54. The van der Waals surface area contributed by atoms with Crippen LogP contribution in [0.25, 0.3) is 0 Å². The highest BCUT2D eigenvalue weighted by Crippen LogP contribution is 2.16. The minimum atomic E-state index is -0.682. The van der Waals surface area contributed by atoms with E-state index in [1.165, 1.54) is 0 Å². The van der Waals surface area contributed by atoms with E-state index in [2.05, 4.69) is 5.32 Å². The Morgan fingerprint density at radius 3 is 2.45 bits per heavy atom. The Bertz CT molecular complexity index is 328. The van der Waals surface area contributed by atoms with Crippen molar-refractivity contribution in [3.05, 3.63) is 0 Å². The van der Waals surface area contributed by atoms with Crippen molar-refractivity contribution in [1.29, 1.82) is 0 Å². The van der Waals surface area contributed by atoms with Gasteiger partial charge in [0.1, 0.15) is 6.04 Å². The molecule has 7 nitrogen and oxygen atoms in total. The summed E-state index contributed by atoms with van der Waals surface area (Å²) in [5.74, 6) is -0.113. The average Bonchev–Trinajstić information content (AvgIpc) is 2.42. The SMILES string of the molecule is CC(C)C(NC(N)=O)C(=O)N1CCC(OCCO)CC1. The monoisotopic (exact) mass is 287 g/mol. The molecule has 4 N–H and O–H groups in total. The third-order valence-corrected chi connectivity index (χ3v) is 3.43. The van der Waals surface area contributed by atoms with E-state index in [1.54, 1.807) is 4.90 Å². The third-order valence-electron chi connectivity index (χ3n) is 3.43. The summed E-state index contributed by atoms with van der Waals surface area (Å²) >= 11 is 0. The molecule has 7 heteroatoms. The highest BCUT2D eigenvalue weighted by molar-refractivity contribution is 5.86. The summed E-state index contributed by atoms with van der Waals surface area (Å²) in [4.78, 5) is 25.1. The first-order valence-electron chi connectivity index (χ1n) is 7.03. The maximum absolute atomic E-state index is 12.4. The van der Waals surface area contributed by atoms with Crippen molar-refractivity contribution < 1.29 is 19.4 Å². The van der Waals surface area contributed by atoms with Gasteiger partial charge in [-0.05, 0) is 18.8 Å². The number of ether oxygens (including phenoxy) is 1. The van der Waals surface area contributed by atoms with Crippen LogP contribution < -0.4 is 11.1 Å². The number of nitrogens with one attached hydrogen (secondary N) is 1. The summed E-state index contributed by atoms with van der Waals surface area (Å²) in [6, 6.07) is -1.26. The molecule has 0 aromatic carbocycles. The van der Waals surface area contributed by atoms with E-state index in [1.807, 2.05) is 13.8 Å². The molecule has 3 amide bonds. The van der Waals surface area contributed by atoms with Crippen LogP contribution >= 0.6 is 0 Å². The van der Waals surface area contributed by atoms with Crippen LogP contribution in [0.3, 0.4) is 0 Å². The Morgan fingerprint density at radius 1 is 1.40 bits per heavy atom. The standard InChI is InChI=1S/C13H25N3O4/c1-9(2)11(15-13(14)19)12(18)16-5-3-10(4-6-16)20-8-7-17/h9-11,17H,3-8H2,1-2H3,(H3,14,15,19). The topological polar surface area (TPSA) is 105 Å². The minimum absolute atomic E-state index is 0.0110. The first-order chi connectivity index (χ1) is 9.45. The number of likely N-dealkylation sites (tertiary alicyclic amines) is 1. The third kappa shape index (κ3) is 4.97. The van der Waals surface area contributed by atoms with Crippen molar-refractivity contribution in [3.8, 4) is 0 Å². The molecule has 0 bridgehead atoms. The summed E-state index contributed by atoms with van der Waals surface area (Å²) in [6.45, 7) is 5.27. The van der Waals surface area contributed by atoms with Gasteiger partial charge in [-0.25, -0.2) is 4.79 Å². The quantitative estimate of drug-likeness (QED) is 0.622. The van der Waals surface area contributed by atoms with Crippen LogP contribution in [0.2, 0.25) is 0 Å². The van der Waals surface area contributed by atoms with Gasteiger partial charge in [0.15, 0.2) is 0 Å². The van der Waals surface area contributed by atoms with E-state index < -0.39 is 12.1 Å². The van der Waals surface area contributed by atoms with Gasteiger partial charge in [0.2, 0.25) is 5.91 Å². The highest BCUT2D eigenvalue weighted by atomic mass is 16.5. The Hall–Kier alpha value is -1.34. The molecule has 0 aliphatic carbocycles. The molecule has 1 aliphatic heterocycles. The smallest absolute Gasteiger partial charge is 0.312 e. The number of amides is 3. The van der Waals surface area contributed by atoms with Crippen molar-refractivity contribution in [2.75, 3.05) is 26.3 Å². The molecule has 1 unspecified atom stereocenters. The molecular weight excluding hydrogens is 262 g/mol. The molecule has 116 valence electrons. The number of piperidine rings is 1. The normalized spacial score (nSPS) is 18.1. The first kappa shape index (κ1) is 16.7. The molecule has 0 radical (unpaired) electrons. The van der Waals surface area contributed by atoms with Gasteiger partial charge in [-0.15, -0.1) is 0 Å². The maximum atomic E-state index is 12.4. The molecular formula is C13H25N3O4. The largest absolute Gasteiger partial charge is 0.394 e. The molecule has 1 fully saturated rings. The van der Waals surface area contributed by atoms with Crippen LogP contribution in [0.5, 0.6) is 0 Å². The Morgan fingerprint density at radius 2 is 2.00 bits per heavy atom. The highest BCUT2D eigenvalue weighted by Gasteiger charge is 2.30. The summed E-state index contributed by atoms with van der Waals surface area (Å²) in [5.41, 5.74) is 5.11. The number of hydrogen-bond donors (Lipinski definition) is 3. The van der Waals surface area contributed by atoms with Crippen molar-refractivity contribution in [3.63, 3.8) is 0 Å². The van der Waals surface area contributed by atoms with E-state index in [4.69, 9.17) is 15.6 Å². The zero-order valence-corrected chi connectivity index (χ0v) is 12.2. The summed E-state index contributed by atoms with van der Waals surface area (Å²) in [5, 5.41) is 11.2. The van der Waals surface area contributed by atoms with E-state index in [9.17, 15) is 9.59 Å². The van der Waals surface area contributed by atoms with Crippen LogP contribution in [0.1, 0.15) is 26.7 Å². The molecule has 1 aliphatic rings. The zero-order chi connectivity index (χ0) is 15.1. The summed E-state index contributed by atoms with van der Waals surface area (Å²) in [6.07, 6.45) is 1.58. The number of aliphatic hydroxyl groups excluding tert-OH is 1. The fourth-order valence-electron chi connectivity index (χ4n) is 2.33. The van der Waals surface area contributed by atoms with Crippen LogP contribution in [-0.2, 0) is 9.53 Å². The molecule has 0 saturated carbocycles. The van der Waals surface area contributed by atoms with Gasteiger partial charge in [0, 0.05) is 13.1 Å². The number of rotatable bonds is 6. The number of primary amides is 1. The number of hydrogen-bond acceptors (Lipinski definition) is 4. The van der Waals surface area contributed by atoms with Gasteiger partial charge >= 0.3 is 6.03 Å². The van der Waals surface area contributed by atoms with Crippen molar-refractivity contribution in [1.82, 2.24) is 10.2 Å². The number of carbonyl (C=O) groups excluding carboxylic acids is 2. The van der Waals surface area contributed by atoms with Crippen LogP contribution in [0.4, 0.5) is 4.79 Å². The van der Waals surface area contributed by atoms with Gasteiger partial charge in [-0.1, -0.05) is 13.8 Å².